The predicted octanol–water partition coefficient (Wildman–Crippen LogP) is 8.20. The number of nitrogens with zero attached hydrogens (tertiary/aromatic N) is 3. The molecule has 0 saturated heterocycles. The fraction of sp³-hybridized carbons (Fsp3) is 0.406. The summed E-state index contributed by atoms with van der Waals surface area (Å²) in [6.07, 6.45) is 0.144. The van der Waals surface area contributed by atoms with Gasteiger partial charge in [0.1, 0.15) is 12.1 Å². The first-order chi connectivity index (χ1) is 18.9. The number of halogens is 1. The van der Waals surface area contributed by atoms with Crippen LogP contribution in [0.25, 0.3) is 11.0 Å². The summed E-state index contributed by atoms with van der Waals surface area (Å²) in [5.41, 5.74) is 6.53. The van der Waals surface area contributed by atoms with Gasteiger partial charge in [-0.1, -0.05) is 92.2 Å². The van der Waals surface area contributed by atoms with Crippen molar-refractivity contribution in [2.75, 3.05) is 0 Å². The number of hydrogen-bond donors (Lipinski definition) is 0. The van der Waals surface area contributed by atoms with Crippen molar-refractivity contribution >= 4 is 36.9 Å². The molecular formula is C32H40ClN3O3Si. The number of carbonyl (C=O) groups is 1. The molecule has 212 valence electrons. The second-order valence-corrected chi connectivity index (χ2v) is 17.1. The Balaban J connectivity index is 1.68. The number of aryl methyl sites for hydroxylation is 2. The predicted molar refractivity (Wildman–Crippen MR) is 164 cm³/mol. The van der Waals surface area contributed by atoms with Crippen LogP contribution in [0.1, 0.15) is 67.9 Å². The van der Waals surface area contributed by atoms with E-state index in [1.807, 2.05) is 54.1 Å². The molecule has 1 heterocycles. The minimum Gasteiger partial charge on any atom is -0.461 e. The lowest BCUT2D eigenvalue weighted by atomic mass is 9.86. The van der Waals surface area contributed by atoms with Crippen LogP contribution in [-0.2, 0) is 33.7 Å². The second kappa shape index (κ2) is 12.2. The third-order valence-corrected chi connectivity index (χ3v) is 13.0. The normalized spacial score (nSPS) is 13.0. The Hall–Kier alpha value is -3.00. The van der Waals surface area contributed by atoms with Crippen LogP contribution in [0.2, 0.25) is 23.2 Å². The highest BCUT2D eigenvalue weighted by Gasteiger charge is 2.37. The van der Waals surface area contributed by atoms with E-state index in [0.29, 0.717) is 23.7 Å². The van der Waals surface area contributed by atoms with Crippen LogP contribution >= 0.6 is 11.6 Å². The van der Waals surface area contributed by atoms with E-state index in [9.17, 15) is 4.79 Å². The van der Waals surface area contributed by atoms with E-state index in [2.05, 4.69) is 69.3 Å². The Bertz CT molecular complexity index is 1480. The Labute approximate surface area is 243 Å². The van der Waals surface area contributed by atoms with Crippen molar-refractivity contribution in [3.05, 3.63) is 93.5 Å². The number of rotatable bonds is 10. The Morgan fingerprint density at radius 3 is 2.45 bits per heavy atom. The molecule has 0 aliphatic heterocycles. The monoisotopic (exact) mass is 577 g/mol. The molecule has 40 heavy (non-hydrogen) atoms. The van der Waals surface area contributed by atoms with Gasteiger partial charge in [-0.15, -0.1) is 5.10 Å². The van der Waals surface area contributed by atoms with Crippen molar-refractivity contribution in [1.82, 2.24) is 15.0 Å². The maximum atomic E-state index is 13.2. The molecule has 0 N–H and O–H groups in total. The van der Waals surface area contributed by atoms with Crippen molar-refractivity contribution in [2.24, 2.45) is 0 Å². The quantitative estimate of drug-likeness (QED) is 0.140. The highest BCUT2D eigenvalue weighted by atomic mass is 35.5. The number of aromatic nitrogens is 3. The van der Waals surface area contributed by atoms with Crippen molar-refractivity contribution < 1.29 is 14.0 Å². The summed E-state index contributed by atoms with van der Waals surface area (Å²) >= 11 is 6.97. The van der Waals surface area contributed by atoms with E-state index < -0.39 is 8.32 Å². The van der Waals surface area contributed by atoms with Gasteiger partial charge in [0.2, 0.25) is 0 Å². The molecule has 8 heteroatoms. The van der Waals surface area contributed by atoms with Gasteiger partial charge in [0.05, 0.1) is 23.6 Å². The van der Waals surface area contributed by atoms with Gasteiger partial charge in [0, 0.05) is 12.5 Å². The summed E-state index contributed by atoms with van der Waals surface area (Å²) < 4.78 is 14.1. The molecule has 0 amide bonds. The van der Waals surface area contributed by atoms with Gasteiger partial charge >= 0.3 is 5.97 Å². The maximum absolute atomic E-state index is 13.2. The molecule has 0 radical (unpaired) electrons. The smallest absolute Gasteiger partial charge is 0.307 e. The standard InChI is InChI=1S/C32H40ClN3O3Si/c1-8-36-28-17-16-26(30(33)31(28)34-35-36)27(19-29(37)38-20-23-12-10-9-11-13-23)24-15-14-22(2)25(18-24)21-39-40(6,7)32(3,4)5/h9-18,27H,8,19-21H2,1-7H3/t27-/m1/s1. The van der Waals surface area contributed by atoms with E-state index in [1.165, 1.54) is 0 Å². The number of carbonyl (C=O) groups excluding carboxylic acids is 1. The average molecular weight is 578 g/mol. The van der Waals surface area contributed by atoms with Crippen LogP contribution in [0, 0.1) is 6.92 Å². The number of benzene rings is 3. The average Bonchev–Trinajstić information content (AvgIpc) is 3.35. The number of hydrogen-bond acceptors (Lipinski definition) is 5. The van der Waals surface area contributed by atoms with Crippen LogP contribution in [0.5, 0.6) is 0 Å². The maximum Gasteiger partial charge on any atom is 0.307 e. The molecule has 6 nitrogen and oxygen atoms in total. The first kappa shape index (κ1) is 30.0. The zero-order valence-electron chi connectivity index (χ0n) is 24.6. The van der Waals surface area contributed by atoms with Crippen molar-refractivity contribution in [2.45, 2.75) is 84.8 Å². The molecule has 1 aromatic heterocycles. The van der Waals surface area contributed by atoms with E-state index in [0.717, 1.165) is 33.3 Å². The topological polar surface area (TPSA) is 66.2 Å². The summed E-state index contributed by atoms with van der Waals surface area (Å²) in [5, 5.41) is 9.21. The Morgan fingerprint density at radius 2 is 1.77 bits per heavy atom. The zero-order valence-corrected chi connectivity index (χ0v) is 26.4. The van der Waals surface area contributed by atoms with Crippen molar-refractivity contribution in [3.63, 3.8) is 0 Å². The molecule has 1 atom stereocenters. The SMILES string of the molecule is CCn1nnc2c(Cl)c([C@H](CC(=O)OCc3ccccc3)c3ccc(C)c(CO[Si](C)(C)C(C)(C)C)c3)ccc21. The number of ether oxygens (including phenoxy) is 1. The second-order valence-electron chi connectivity index (χ2n) is 11.9. The molecule has 0 aliphatic carbocycles. The lowest BCUT2D eigenvalue weighted by Gasteiger charge is -2.36. The first-order valence-electron chi connectivity index (χ1n) is 13.9. The van der Waals surface area contributed by atoms with Crippen LogP contribution < -0.4 is 0 Å². The van der Waals surface area contributed by atoms with E-state index in [4.69, 9.17) is 20.8 Å². The van der Waals surface area contributed by atoms with Gasteiger partial charge < -0.3 is 9.16 Å². The summed E-state index contributed by atoms with van der Waals surface area (Å²) in [6.45, 7) is 16.8. The molecule has 0 fully saturated rings. The lowest BCUT2D eigenvalue weighted by molar-refractivity contribution is -0.145. The highest BCUT2D eigenvalue weighted by Crippen LogP contribution is 2.39. The molecule has 0 unspecified atom stereocenters. The van der Waals surface area contributed by atoms with E-state index in [-0.39, 0.29) is 30.0 Å². The fourth-order valence-corrected chi connectivity index (χ4v) is 5.71. The van der Waals surface area contributed by atoms with Gasteiger partial charge in [-0.2, -0.15) is 0 Å². The fourth-order valence-electron chi connectivity index (χ4n) is 4.43. The van der Waals surface area contributed by atoms with Gasteiger partial charge in [-0.25, -0.2) is 4.68 Å². The van der Waals surface area contributed by atoms with Crippen molar-refractivity contribution in [1.29, 1.82) is 0 Å². The minimum absolute atomic E-state index is 0.114. The van der Waals surface area contributed by atoms with Gasteiger partial charge in [-0.3, -0.25) is 4.79 Å². The highest BCUT2D eigenvalue weighted by molar-refractivity contribution is 6.74. The molecule has 0 aliphatic rings. The molecule has 0 bridgehead atoms. The summed E-state index contributed by atoms with van der Waals surface area (Å²) in [4.78, 5) is 13.2. The molecular weight excluding hydrogens is 538 g/mol. The lowest BCUT2D eigenvalue weighted by Crippen LogP contribution is -2.40. The van der Waals surface area contributed by atoms with Crippen LogP contribution in [-0.4, -0.2) is 29.3 Å². The minimum atomic E-state index is -1.94. The third-order valence-electron chi connectivity index (χ3n) is 8.11. The molecule has 4 aromatic rings. The summed E-state index contributed by atoms with van der Waals surface area (Å²) in [6, 6.07) is 20.0. The van der Waals surface area contributed by atoms with Crippen LogP contribution in [0.4, 0.5) is 0 Å². The summed E-state index contributed by atoms with van der Waals surface area (Å²) in [7, 11) is -1.94. The number of esters is 1. The first-order valence-corrected chi connectivity index (χ1v) is 17.1. The van der Waals surface area contributed by atoms with Crippen LogP contribution in [0.3, 0.4) is 0 Å². The van der Waals surface area contributed by atoms with Gasteiger partial charge in [-0.05, 0) is 65.9 Å². The van der Waals surface area contributed by atoms with E-state index >= 15 is 0 Å². The van der Waals surface area contributed by atoms with Gasteiger partial charge in [0.25, 0.3) is 0 Å². The third kappa shape index (κ3) is 6.65. The Morgan fingerprint density at radius 1 is 1.05 bits per heavy atom. The Kier molecular flexibility index (Phi) is 9.18. The van der Waals surface area contributed by atoms with Gasteiger partial charge in [0.15, 0.2) is 8.32 Å². The molecule has 4 rings (SSSR count). The number of fused-ring (bicyclic) bond motifs is 1. The summed E-state index contributed by atoms with van der Waals surface area (Å²) in [5.74, 6) is -0.610. The van der Waals surface area contributed by atoms with E-state index in [1.54, 1.807) is 0 Å². The van der Waals surface area contributed by atoms with Crippen molar-refractivity contribution in [3.8, 4) is 0 Å². The molecule has 0 saturated carbocycles. The molecule has 0 spiro atoms. The zero-order chi connectivity index (χ0) is 29.1. The van der Waals surface area contributed by atoms with Crippen LogP contribution in [0.15, 0.2) is 60.7 Å². The molecule has 3 aromatic carbocycles. The largest absolute Gasteiger partial charge is 0.461 e.